The van der Waals surface area contributed by atoms with Crippen LogP contribution in [0.2, 0.25) is 5.02 Å². The van der Waals surface area contributed by atoms with Crippen molar-refractivity contribution in [2.75, 3.05) is 11.9 Å². The van der Waals surface area contributed by atoms with E-state index in [1.807, 2.05) is 10.7 Å². The van der Waals surface area contributed by atoms with Crippen LogP contribution < -0.4 is 10.6 Å². The van der Waals surface area contributed by atoms with Crippen LogP contribution in [0.5, 0.6) is 0 Å². The Labute approximate surface area is 164 Å². The molecule has 0 spiro atoms. The van der Waals surface area contributed by atoms with E-state index in [4.69, 9.17) is 11.6 Å². The fourth-order valence-corrected chi connectivity index (χ4v) is 3.52. The summed E-state index contributed by atoms with van der Waals surface area (Å²) in [6.07, 6.45) is 8.58. The minimum absolute atomic E-state index is 0.0618. The van der Waals surface area contributed by atoms with E-state index in [1.54, 1.807) is 30.5 Å². The maximum absolute atomic E-state index is 12.2. The number of nitrogens with zero attached hydrogens (tertiary/aromatic N) is 2. The van der Waals surface area contributed by atoms with Gasteiger partial charge in [-0.2, -0.15) is 5.10 Å². The Hall–Kier alpha value is -2.34. The molecule has 1 aliphatic rings. The molecule has 1 aromatic carbocycles. The highest BCUT2D eigenvalue weighted by molar-refractivity contribution is 6.30. The Morgan fingerprint density at radius 3 is 2.59 bits per heavy atom. The summed E-state index contributed by atoms with van der Waals surface area (Å²) >= 11 is 5.81. The summed E-state index contributed by atoms with van der Waals surface area (Å²) in [4.78, 5) is 24.2. The number of amides is 2. The van der Waals surface area contributed by atoms with Gasteiger partial charge in [0.25, 0.3) is 5.91 Å². The Balaban J connectivity index is 1.41. The molecule has 2 aromatic rings. The monoisotopic (exact) mass is 388 g/mol. The average Bonchev–Trinajstić information content (AvgIpc) is 3.14. The molecule has 2 amide bonds. The van der Waals surface area contributed by atoms with Gasteiger partial charge in [-0.15, -0.1) is 0 Å². The fourth-order valence-electron chi connectivity index (χ4n) is 3.39. The molecule has 1 fully saturated rings. The second-order valence-electron chi connectivity index (χ2n) is 6.87. The highest BCUT2D eigenvalue weighted by atomic mass is 35.5. The second kappa shape index (κ2) is 9.55. The second-order valence-corrected chi connectivity index (χ2v) is 7.30. The predicted octanol–water partition coefficient (Wildman–Crippen LogP) is 4.19. The number of anilines is 1. The number of carbonyl (C=O) groups is 2. The largest absolute Gasteiger partial charge is 0.352 e. The Morgan fingerprint density at radius 2 is 1.85 bits per heavy atom. The van der Waals surface area contributed by atoms with Crippen LogP contribution in [0.1, 0.15) is 61.3 Å². The van der Waals surface area contributed by atoms with Gasteiger partial charge in [0.05, 0.1) is 12.2 Å². The molecule has 1 heterocycles. The maximum atomic E-state index is 12.2. The average molecular weight is 389 g/mol. The Bertz CT molecular complexity index is 767. The molecule has 27 heavy (non-hydrogen) atoms. The van der Waals surface area contributed by atoms with Crippen LogP contribution in [0, 0.1) is 0 Å². The first-order valence-electron chi connectivity index (χ1n) is 9.50. The number of benzene rings is 1. The summed E-state index contributed by atoms with van der Waals surface area (Å²) in [6, 6.07) is 8.93. The van der Waals surface area contributed by atoms with Crippen LogP contribution >= 0.6 is 11.6 Å². The van der Waals surface area contributed by atoms with Crippen LogP contribution in [0.25, 0.3) is 0 Å². The van der Waals surface area contributed by atoms with Crippen LogP contribution in [0.3, 0.4) is 0 Å². The topological polar surface area (TPSA) is 76.0 Å². The number of halogens is 1. The number of carbonyl (C=O) groups excluding carboxylic acids is 2. The molecular formula is C20H25ClN4O2. The minimum Gasteiger partial charge on any atom is -0.352 e. The first-order valence-corrected chi connectivity index (χ1v) is 9.88. The first kappa shape index (κ1) is 19.4. The van der Waals surface area contributed by atoms with Crippen LogP contribution in [-0.2, 0) is 4.79 Å². The zero-order chi connectivity index (χ0) is 19.1. The number of hydrogen-bond acceptors (Lipinski definition) is 3. The van der Waals surface area contributed by atoms with E-state index in [-0.39, 0.29) is 11.8 Å². The number of aromatic nitrogens is 2. The van der Waals surface area contributed by atoms with Gasteiger partial charge in [-0.1, -0.05) is 30.9 Å². The summed E-state index contributed by atoms with van der Waals surface area (Å²) in [5.41, 5.74) is 0.556. The molecule has 0 unspecified atom stereocenters. The third-order valence-corrected chi connectivity index (χ3v) is 5.08. The molecule has 3 rings (SSSR count). The van der Waals surface area contributed by atoms with E-state index in [1.165, 1.54) is 19.3 Å². The van der Waals surface area contributed by atoms with E-state index in [0.29, 0.717) is 36.0 Å². The number of nitrogens with one attached hydrogen (secondary N) is 2. The van der Waals surface area contributed by atoms with Crippen LogP contribution in [0.4, 0.5) is 5.82 Å². The molecule has 1 aromatic heterocycles. The van der Waals surface area contributed by atoms with Gasteiger partial charge in [-0.3, -0.25) is 9.59 Å². The lowest BCUT2D eigenvalue weighted by molar-refractivity contribution is -0.116. The van der Waals surface area contributed by atoms with Gasteiger partial charge in [0, 0.05) is 29.6 Å². The van der Waals surface area contributed by atoms with Gasteiger partial charge in [-0.25, -0.2) is 4.68 Å². The third-order valence-electron chi connectivity index (χ3n) is 4.83. The quantitative estimate of drug-likeness (QED) is 0.698. The summed E-state index contributed by atoms with van der Waals surface area (Å²) < 4.78 is 1.94. The molecule has 144 valence electrons. The Morgan fingerprint density at radius 1 is 1.11 bits per heavy atom. The van der Waals surface area contributed by atoms with Gasteiger partial charge in [-0.05, 0) is 43.5 Å². The minimum atomic E-state index is -0.164. The molecule has 1 aliphatic carbocycles. The number of hydrogen-bond donors (Lipinski definition) is 2. The molecular weight excluding hydrogens is 364 g/mol. The number of rotatable bonds is 7. The molecule has 7 heteroatoms. The van der Waals surface area contributed by atoms with E-state index < -0.39 is 0 Å². The van der Waals surface area contributed by atoms with Crippen molar-refractivity contribution in [2.24, 2.45) is 0 Å². The lowest BCUT2D eigenvalue weighted by Crippen LogP contribution is -2.25. The van der Waals surface area contributed by atoms with Crippen molar-refractivity contribution in [1.29, 1.82) is 0 Å². The van der Waals surface area contributed by atoms with Crippen LogP contribution in [0.15, 0.2) is 36.5 Å². The van der Waals surface area contributed by atoms with Crippen molar-refractivity contribution < 1.29 is 9.59 Å². The zero-order valence-electron chi connectivity index (χ0n) is 15.3. The van der Waals surface area contributed by atoms with E-state index in [9.17, 15) is 9.59 Å². The smallest absolute Gasteiger partial charge is 0.251 e. The van der Waals surface area contributed by atoms with Crippen molar-refractivity contribution in [2.45, 2.75) is 51.0 Å². The van der Waals surface area contributed by atoms with E-state index in [2.05, 4.69) is 15.7 Å². The Kier molecular flexibility index (Phi) is 6.87. The normalized spacial score (nSPS) is 14.7. The van der Waals surface area contributed by atoms with Gasteiger partial charge < -0.3 is 10.6 Å². The molecule has 1 saturated carbocycles. The fraction of sp³-hybridized carbons (Fsp3) is 0.450. The van der Waals surface area contributed by atoms with Crippen molar-refractivity contribution in [1.82, 2.24) is 15.1 Å². The third kappa shape index (κ3) is 5.57. The first-order chi connectivity index (χ1) is 13.1. The van der Waals surface area contributed by atoms with Gasteiger partial charge in [0.2, 0.25) is 5.91 Å². The lowest BCUT2D eigenvalue weighted by Gasteiger charge is -2.23. The highest BCUT2D eigenvalue weighted by Gasteiger charge is 2.19. The maximum Gasteiger partial charge on any atom is 0.251 e. The molecule has 0 saturated heterocycles. The van der Waals surface area contributed by atoms with Crippen molar-refractivity contribution in [3.63, 3.8) is 0 Å². The van der Waals surface area contributed by atoms with Gasteiger partial charge >= 0.3 is 0 Å². The van der Waals surface area contributed by atoms with Gasteiger partial charge in [0.1, 0.15) is 5.82 Å². The summed E-state index contributed by atoms with van der Waals surface area (Å²) in [5, 5.41) is 10.7. The standard InChI is InChI=1S/C20H25ClN4O2/c21-16-10-8-15(9-11-16)20(27)22-13-4-7-19(26)24-18-12-14-23-25(18)17-5-2-1-3-6-17/h8-12,14,17H,1-7,13H2,(H,22,27)(H,24,26). The molecule has 2 N–H and O–H groups in total. The lowest BCUT2D eigenvalue weighted by atomic mass is 9.96. The van der Waals surface area contributed by atoms with Gasteiger partial charge in [0.15, 0.2) is 0 Å². The van der Waals surface area contributed by atoms with Crippen molar-refractivity contribution in [3.8, 4) is 0 Å². The van der Waals surface area contributed by atoms with Crippen LogP contribution in [-0.4, -0.2) is 28.1 Å². The summed E-state index contributed by atoms with van der Waals surface area (Å²) in [7, 11) is 0. The summed E-state index contributed by atoms with van der Waals surface area (Å²) in [5.74, 6) is 0.535. The zero-order valence-corrected chi connectivity index (χ0v) is 16.0. The summed E-state index contributed by atoms with van der Waals surface area (Å²) in [6.45, 7) is 0.441. The SMILES string of the molecule is O=C(CCCNC(=O)c1ccc(Cl)cc1)Nc1ccnn1C1CCCCC1. The molecule has 0 radical (unpaired) electrons. The highest BCUT2D eigenvalue weighted by Crippen LogP contribution is 2.29. The van der Waals surface area contributed by atoms with Crippen molar-refractivity contribution in [3.05, 3.63) is 47.1 Å². The van der Waals surface area contributed by atoms with Crippen molar-refractivity contribution >= 4 is 29.2 Å². The molecule has 0 bridgehead atoms. The molecule has 0 atom stereocenters. The van der Waals surface area contributed by atoms with E-state index in [0.717, 1.165) is 18.7 Å². The van der Waals surface area contributed by atoms with E-state index >= 15 is 0 Å². The molecule has 0 aliphatic heterocycles. The predicted molar refractivity (Wildman–Crippen MR) is 106 cm³/mol. The molecule has 6 nitrogen and oxygen atoms in total.